The molecular weight excluding hydrogens is 357 g/mol. The van der Waals surface area contributed by atoms with E-state index >= 15 is 0 Å². The number of carbonyl (C=O) groups excluding carboxylic acids is 1. The highest BCUT2D eigenvalue weighted by Gasteiger charge is 2.36. The third-order valence-corrected chi connectivity index (χ3v) is 4.89. The molecule has 0 amide bonds. The summed E-state index contributed by atoms with van der Waals surface area (Å²) >= 11 is 1.40. The molecule has 2 aromatic heterocycles. The molecule has 3 heterocycles. The Kier molecular flexibility index (Phi) is 5.46. The summed E-state index contributed by atoms with van der Waals surface area (Å²) in [7, 11) is 1.48. The van der Waals surface area contributed by atoms with Gasteiger partial charge < -0.3 is 10.5 Å². The van der Waals surface area contributed by atoms with E-state index in [2.05, 4.69) is 19.9 Å². The molecule has 0 aliphatic carbocycles. The molecule has 0 spiro atoms. The molecule has 0 fully saturated rings. The van der Waals surface area contributed by atoms with E-state index in [0.717, 1.165) is 0 Å². The predicted molar refractivity (Wildman–Crippen MR) is 97.2 cm³/mol. The maximum atomic E-state index is 13.8. The Balaban J connectivity index is 1.82. The third kappa shape index (κ3) is 3.82. The van der Waals surface area contributed by atoms with Crippen LogP contribution in [0, 0.1) is 0 Å². The predicted octanol–water partition coefficient (Wildman–Crippen LogP) is 1.92. The lowest BCUT2D eigenvalue weighted by Gasteiger charge is -2.30. The molecule has 9 heteroatoms. The maximum absolute atomic E-state index is 13.8. The van der Waals surface area contributed by atoms with E-state index in [-0.39, 0.29) is 17.9 Å². The Morgan fingerprint density at radius 3 is 2.88 bits per heavy atom. The molecule has 0 unspecified atom stereocenters. The molecule has 1 aliphatic rings. The highest BCUT2D eigenvalue weighted by Crippen LogP contribution is 2.35. The van der Waals surface area contributed by atoms with E-state index in [1.54, 1.807) is 18.3 Å². The van der Waals surface area contributed by atoms with Crippen molar-refractivity contribution in [3.8, 4) is 5.88 Å². The number of aliphatic imine (C=N–C) groups is 1. The highest BCUT2D eigenvalue weighted by molar-refractivity contribution is 8.13. The van der Waals surface area contributed by atoms with Gasteiger partial charge in [0.1, 0.15) is 17.9 Å². The largest absolute Gasteiger partial charge is 0.480 e. The molecular formula is C17H18FN5O2S. The number of carbonyl (C=O) groups is 1. The van der Waals surface area contributed by atoms with Crippen molar-refractivity contribution in [3.05, 3.63) is 47.7 Å². The zero-order valence-corrected chi connectivity index (χ0v) is 15.0. The molecule has 2 N–H and O–H groups in total. The Hall–Kier alpha value is -2.55. The fourth-order valence-electron chi connectivity index (χ4n) is 2.65. The zero-order chi connectivity index (χ0) is 18.6. The van der Waals surface area contributed by atoms with E-state index in [1.165, 1.54) is 31.3 Å². The number of pyridine rings is 1. The minimum atomic E-state index is -1.08. The molecule has 26 heavy (non-hydrogen) atoms. The lowest BCUT2D eigenvalue weighted by molar-refractivity contribution is 0.0987. The van der Waals surface area contributed by atoms with Crippen LogP contribution >= 0.6 is 11.8 Å². The lowest BCUT2D eigenvalue weighted by atomic mass is 9.92. The van der Waals surface area contributed by atoms with Crippen molar-refractivity contribution < 1.29 is 13.9 Å². The standard InChI is InChI=1S/C17H18FN5O2S/c1-25-15-9-21-12(8-22-15)13(24)6-11-2-4-20-14(7-11)17(10-18)3-5-26-16(19)23-17/h2,4,7-9H,3,5-6,10H2,1H3,(H2,19,23)/t17-/m1/s1. The number of amidine groups is 1. The number of ketones is 1. The Labute approximate surface area is 154 Å². The van der Waals surface area contributed by atoms with E-state index < -0.39 is 12.2 Å². The van der Waals surface area contributed by atoms with Crippen LogP contribution in [0.1, 0.15) is 28.2 Å². The molecule has 0 saturated heterocycles. The fourth-order valence-corrected chi connectivity index (χ4v) is 3.54. The number of alkyl halides is 1. The van der Waals surface area contributed by atoms with Gasteiger partial charge in [0.15, 0.2) is 11.0 Å². The van der Waals surface area contributed by atoms with Crippen LogP contribution in [0.25, 0.3) is 0 Å². The zero-order valence-electron chi connectivity index (χ0n) is 14.2. The first-order chi connectivity index (χ1) is 12.6. The summed E-state index contributed by atoms with van der Waals surface area (Å²) in [6.07, 6.45) is 4.93. The first-order valence-corrected chi connectivity index (χ1v) is 8.93. The highest BCUT2D eigenvalue weighted by atomic mass is 32.2. The van der Waals surface area contributed by atoms with Gasteiger partial charge in [0.2, 0.25) is 5.88 Å². The quantitative estimate of drug-likeness (QED) is 0.769. The van der Waals surface area contributed by atoms with Gasteiger partial charge in [0.25, 0.3) is 0 Å². The molecule has 7 nitrogen and oxygen atoms in total. The Morgan fingerprint density at radius 2 is 2.23 bits per heavy atom. The minimum Gasteiger partial charge on any atom is -0.480 e. The number of hydrogen-bond donors (Lipinski definition) is 1. The SMILES string of the molecule is COc1cnc(C(=O)Cc2ccnc([C@]3(CF)CCSC(N)=N3)c2)cn1. The van der Waals surface area contributed by atoms with Gasteiger partial charge in [-0.1, -0.05) is 11.8 Å². The number of Topliss-reactive ketones (excluding diaryl/α,β-unsaturated/α-hetero) is 1. The van der Waals surface area contributed by atoms with Crippen molar-refractivity contribution in [1.29, 1.82) is 0 Å². The topological polar surface area (TPSA) is 103 Å². The summed E-state index contributed by atoms with van der Waals surface area (Å²) < 4.78 is 18.7. The van der Waals surface area contributed by atoms with Gasteiger partial charge in [-0.2, -0.15) is 0 Å². The van der Waals surface area contributed by atoms with Crippen LogP contribution in [-0.4, -0.2) is 45.4 Å². The number of ether oxygens (including phenoxy) is 1. The number of nitrogens with two attached hydrogens (primary N) is 1. The second-order valence-corrected chi connectivity index (χ2v) is 6.92. The fraction of sp³-hybridized carbons (Fsp3) is 0.353. The number of thioether (sulfide) groups is 1. The van der Waals surface area contributed by atoms with Gasteiger partial charge in [-0.3, -0.25) is 9.78 Å². The summed E-state index contributed by atoms with van der Waals surface area (Å²) in [5.41, 5.74) is 6.13. The summed E-state index contributed by atoms with van der Waals surface area (Å²) in [6, 6.07) is 3.43. The van der Waals surface area contributed by atoms with Crippen LogP contribution in [-0.2, 0) is 12.0 Å². The number of aromatic nitrogens is 3. The van der Waals surface area contributed by atoms with Gasteiger partial charge in [-0.15, -0.1) is 0 Å². The molecule has 2 aromatic rings. The number of hydrogen-bond acceptors (Lipinski definition) is 8. The molecule has 0 aromatic carbocycles. The molecule has 1 atom stereocenters. The van der Waals surface area contributed by atoms with Crippen LogP contribution in [0.15, 0.2) is 35.7 Å². The number of rotatable bonds is 6. The van der Waals surface area contributed by atoms with Crippen LogP contribution in [0.2, 0.25) is 0 Å². The molecule has 1 aliphatic heterocycles. The lowest BCUT2D eigenvalue weighted by Crippen LogP contribution is -2.34. The first-order valence-electron chi connectivity index (χ1n) is 7.95. The van der Waals surface area contributed by atoms with E-state index in [4.69, 9.17) is 10.5 Å². The van der Waals surface area contributed by atoms with Crippen molar-refractivity contribution in [3.63, 3.8) is 0 Å². The van der Waals surface area contributed by atoms with E-state index in [0.29, 0.717) is 34.5 Å². The van der Waals surface area contributed by atoms with Crippen molar-refractivity contribution >= 4 is 22.7 Å². The van der Waals surface area contributed by atoms with Crippen LogP contribution < -0.4 is 10.5 Å². The van der Waals surface area contributed by atoms with Crippen molar-refractivity contribution in [1.82, 2.24) is 15.0 Å². The summed E-state index contributed by atoms with van der Waals surface area (Å²) in [5.74, 6) is 0.808. The van der Waals surface area contributed by atoms with Crippen LogP contribution in [0.5, 0.6) is 5.88 Å². The van der Waals surface area contributed by atoms with Gasteiger partial charge in [0.05, 0.1) is 25.2 Å². The van der Waals surface area contributed by atoms with Gasteiger partial charge in [-0.25, -0.2) is 19.4 Å². The molecule has 136 valence electrons. The maximum Gasteiger partial charge on any atom is 0.232 e. The average molecular weight is 375 g/mol. The monoisotopic (exact) mass is 375 g/mol. The third-order valence-electron chi connectivity index (χ3n) is 4.10. The molecule has 3 rings (SSSR count). The number of nitrogens with zero attached hydrogens (tertiary/aromatic N) is 4. The smallest absolute Gasteiger partial charge is 0.232 e. The average Bonchev–Trinajstić information content (AvgIpc) is 2.68. The van der Waals surface area contributed by atoms with Crippen LogP contribution in [0.3, 0.4) is 0 Å². The number of methoxy groups -OCH3 is 1. The molecule has 0 saturated carbocycles. The summed E-state index contributed by atoms with van der Waals surface area (Å²) in [4.78, 5) is 29.0. The van der Waals surface area contributed by atoms with Crippen molar-refractivity contribution in [2.24, 2.45) is 10.7 Å². The minimum absolute atomic E-state index is 0.104. The Morgan fingerprint density at radius 1 is 1.38 bits per heavy atom. The summed E-state index contributed by atoms with van der Waals surface area (Å²) in [5, 5.41) is 0.352. The van der Waals surface area contributed by atoms with Crippen molar-refractivity contribution in [2.75, 3.05) is 19.5 Å². The molecule has 0 bridgehead atoms. The first kappa shape index (κ1) is 18.2. The van der Waals surface area contributed by atoms with Gasteiger partial charge >= 0.3 is 0 Å². The van der Waals surface area contributed by atoms with E-state index in [9.17, 15) is 9.18 Å². The second kappa shape index (κ2) is 7.77. The van der Waals surface area contributed by atoms with Gasteiger partial charge in [0, 0.05) is 18.4 Å². The summed E-state index contributed by atoms with van der Waals surface area (Å²) in [6.45, 7) is -0.692. The van der Waals surface area contributed by atoms with Gasteiger partial charge in [-0.05, 0) is 24.1 Å². The normalized spacial score (nSPS) is 19.7. The van der Waals surface area contributed by atoms with E-state index in [1.807, 2.05) is 0 Å². The molecule has 0 radical (unpaired) electrons. The van der Waals surface area contributed by atoms with Crippen molar-refractivity contribution in [2.45, 2.75) is 18.4 Å². The van der Waals surface area contributed by atoms with Crippen LogP contribution in [0.4, 0.5) is 4.39 Å². The Bertz CT molecular complexity index is 830. The number of halogens is 1. The second-order valence-electron chi connectivity index (χ2n) is 5.81.